The minimum absolute atomic E-state index is 0.631. The third-order valence-electron chi connectivity index (χ3n) is 4.36. The summed E-state index contributed by atoms with van der Waals surface area (Å²) < 4.78 is 3.66. The molecular formula is C17H19N3S. The molecule has 0 bridgehead atoms. The zero-order valence-corrected chi connectivity index (χ0v) is 12.8. The molecule has 0 saturated carbocycles. The molecule has 2 aromatic heterocycles. The highest BCUT2D eigenvalue weighted by Crippen LogP contribution is 2.28. The van der Waals surface area contributed by atoms with Crippen LogP contribution in [0.15, 0.2) is 49.1 Å². The lowest BCUT2D eigenvalue weighted by Crippen LogP contribution is -2.33. The van der Waals surface area contributed by atoms with E-state index in [4.69, 9.17) is 0 Å². The van der Waals surface area contributed by atoms with Gasteiger partial charge in [0.2, 0.25) is 0 Å². The summed E-state index contributed by atoms with van der Waals surface area (Å²) in [6, 6.07) is 11.7. The van der Waals surface area contributed by atoms with Crippen molar-refractivity contribution in [1.82, 2.24) is 14.5 Å². The van der Waals surface area contributed by atoms with Crippen LogP contribution in [0.2, 0.25) is 0 Å². The molecule has 1 saturated heterocycles. The van der Waals surface area contributed by atoms with Crippen LogP contribution < -0.4 is 0 Å². The predicted octanol–water partition coefficient (Wildman–Crippen LogP) is 3.93. The Hall–Kier alpha value is -1.65. The molecule has 0 unspecified atom stereocenters. The van der Waals surface area contributed by atoms with Crippen molar-refractivity contribution in [3.63, 3.8) is 0 Å². The number of piperidine rings is 1. The zero-order valence-electron chi connectivity index (χ0n) is 12.0. The van der Waals surface area contributed by atoms with Gasteiger partial charge in [-0.15, -0.1) is 11.3 Å². The summed E-state index contributed by atoms with van der Waals surface area (Å²) in [5.41, 5.74) is 0. The molecule has 0 aliphatic carbocycles. The number of nitrogens with zero attached hydrogens (tertiary/aromatic N) is 3. The Morgan fingerprint density at radius 1 is 1.19 bits per heavy atom. The molecule has 3 nitrogen and oxygen atoms in total. The van der Waals surface area contributed by atoms with Crippen LogP contribution in [0.1, 0.15) is 23.8 Å². The van der Waals surface area contributed by atoms with Gasteiger partial charge in [0.05, 0.1) is 6.33 Å². The molecule has 3 heterocycles. The molecule has 4 rings (SSSR count). The largest absolute Gasteiger partial charge is 0.334 e. The normalized spacial score (nSPS) is 17.5. The molecule has 0 N–H and O–H groups in total. The van der Waals surface area contributed by atoms with Crippen molar-refractivity contribution < 1.29 is 0 Å². The standard InChI is InChI=1S/C17H19N3S/c1-2-4-17-14(3-1)11-16(21-17)12-19-8-5-15(6-9-19)20-10-7-18-13-20/h1-4,7,10-11,13,15H,5-6,8-9,12H2. The second kappa shape index (κ2) is 5.62. The Kier molecular flexibility index (Phi) is 3.49. The number of likely N-dealkylation sites (tertiary alicyclic amines) is 1. The maximum absolute atomic E-state index is 4.16. The summed E-state index contributed by atoms with van der Waals surface area (Å²) in [6.07, 6.45) is 8.37. The number of fused-ring (bicyclic) bond motifs is 1. The lowest BCUT2D eigenvalue weighted by Gasteiger charge is -2.32. The summed E-state index contributed by atoms with van der Waals surface area (Å²) in [7, 11) is 0. The first kappa shape index (κ1) is 13.0. The molecule has 1 aliphatic heterocycles. The SMILES string of the molecule is c1ccc2sc(CN3CCC(n4ccnc4)CC3)cc2c1. The fourth-order valence-corrected chi connectivity index (χ4v) is 4.30. The lowest BCUT2D eigenvalue weighted by molar-refractivity contribution is 0.181. The first-order valence-electron chi connectivity index (χ1n) is 7.56. The van der Waals surface area contributed by atoms with Gasteiger partial charge in [-0.2, -0.15) is 0 Å². The van der Waals surface area contributed by atoms with Crippen molar-refractivity contribution in [3.8, 4) is 0 Å². The van der Waals surface area contributed by atoms with E-state index in [9.17, 15) is 0 Å². The van der Waals surface area contributed by atoms with Crippen molar-refractivity contribution in [3.05, 3.63) is 53.9 Å². The Morgan fingerprint density at radius 2 is 2.05 bits per heavy atom. The number of imidazole rings is 1. The molecular weight excluding hydrogens is 278 g/mol. The second-order valence-electron chi connectivity index (χ2n) is 5.77. The van der Waals surface area contributed by atoms with Gasteiger partial charge in [0.15, 0.2) is 0 Å². The van der Waals surface area contributed by atoms with Gasteiger partial charge in [-0.25, -0.2) is 4.98 Å². The monoisotopic (exact) mass is 297 g/mol. The molecule has 1 fully saturated rings. The molecule has 0 radical (unpaired) electrons. The first-order valence-corrected chi connectivity index (χ1v) is 8.37. The Bertz CT molecular complexity index is 676. The molecule has 108 valence electrons. The Morgan fingerprint density at radius 3 is 2.81 bits per heavy atom. The highest BCUT2D eigenvalue weighted by atomic mass is 32.1. The molecule has 21 heavy (non-hydrogen) atoms. The molecule has 4 heteroatoms. The maximum atomic E-state index is 4.16. The van der Waals surface area contributed by atoms with Gasteiger partial charge in [0.25, 0.3) is 0 Å². The van der Waals surface area contributed by atoms with Crippen LogP contribution >= 0.6 is 11.3 Å². The van der Waals surface area contributed by atoms with Crippen molar-refractivity contribution in [2.45, 2.75) is 25.4 Å². The summed E-state index contributed by atoms with van der Waals surface area (Å²) in [5.74, 6) is 0. The number of benzene rings is 1. The van der Waals surface area contributed by atoms with Crippen molar-refractivity contribution >= 4 is 21.4 Å². The van der Waals surface area contributed by atoms with Crippen LogP contribution in [0.3, 0.4) is 0 Å². The number of thiophene rings is 1. The molecule has 0 amide bonds. The van der Waals surface area contributed by atoms with E-state index in [1.165, 1.54) is 40.9 Å². The van der Waals surface area contributed by atoms with Crippen molar-refractivity contribution in [2.24, 2.45) is 0 Å². The highest BCUT2D eigenvalue weighted by molar-refractivity contribution is 7.19. The van der Waals surface area contributed by atoms with Gasteiger partial charge >= 0.3 is 0 Å². The number of aromatic nitrogens is 2. The average molecular weight is 297 g/mol. The summed E-state index contributed by atoms with van der Waals surface area (Å²) in [6.45, 7) is 3.45. The van der Waals surface area contributed by atoms with Crippen LogP contribution in [-0.4, -0.2) is 27.5 Å². The zero-order chi connectivity index (χ0) is 14.1. The Balaban J connectivity index is 1.40. The smallest absolute Gasteiger partial charge is 0.0948 e. The van der Waals surface area contributed by atoms with Crippen molar-refractivity contribution in [1.29, 1.82) is 0 Å². The van der Waals surface area contributed by atoms with Gasteiger partial charge in [0, 0.05) is 47.6 Å². The van der Waals surface area contributed by atoms with Crippen molar-refractivity contribution in [2.75, 3.05) is 13.1 Å². The van der Waals surface area contributed by atoms with Gasteiger partial charge in [0.1, 0.15) is 0 Å². The first-order chi connectivity index (χ1) is 10.4. The molecule has 1 aromatic carbocycles. The van der Waals surface area contributed by atoms with E-state index < -0.39 is 0 Å². The van der Waals surface area contributed by atoms with E-state index in [1.807, 2.05) is 23.9 Å². The topological polar surface area (TPSA) is 21.1 Å². The predicted molar refractivity (Wildman–Crippen MR) is 87.6 cm³/mol. The van der Waals surface area contributed by atoms with Gasteiger partial charge < -0.3 is 4.57 Å². The molecule has 0 spiro atoms. The third-order valence-corrected chi connectivity index (χ3v) is 5.46. The van der Waals surface area contributed by atoms with Gasteiger partial charge in [-0.1, -0.05) is 18.2 Å². The minimum Gasteiger partial charge on any atom is -0.334 e. The number of rotatable bonds is 3. The maximum Gasteiger partial charge on any atom is 0.0948 e. The van der Waals surface area contributed by atoms with Crippen LogP contribution in [0.25, 0.3) is 10.1 Å². The summed E-state index contributed by atoms with van der Waals surface area (Å²) in [4.78, 5) is 8.22. The fraction of sp³-hybridized carbons (Fsp3) is 0.353. The Labute approximate surface area is 128 Å². The van der Waals surface area contributed by atoms with E-state index >= 15 is 0 Å². The number of hydrogen-bond donors (Lipinski definition) is 0. The van der Waals surface area contributed by atoms with Gasteiger partial charge in [-0.05, 0) is 30.4 Å². The lowest BCUT2D eigenvalue weighted by atomic mass is 10.0. The molecule has 3 aromatic rings. The second-order valence-corrected chi connectivity index (χ2v) is 6.94. The van der Waals surface area contributed by atoms with Crippen LogP contribution in [0, 0.1) is 0 Å². The van der Waals surface area contributed by atoms with E-state index in [0.717, 1.165) is 6.54 Å². The summed E-state index contributed by atoms with van der Waals surface area (Å²) in [5, 5.41) is 1.38. The van der Waals surface area contributed by atoms with E-state index in [-0.39, 0.29) is 0 Å². The van der Waals surface area contributed by atoms with Gasteiger partial charge in [-0.3, -0.25) is 4.90 Å². The quantitative estimate of drug-likeness (QED) is 0.730. The van der Waals surface area contributed by atoms with Crippen LogP contribution in [0.5, 0.6) is 0 Å². The third kappa shape index (κ3) is 2.74. The van der Waals surface area contributed by atoms with E-state index in [0.29, 0.717) is 6.04 Å². The average Bonchev–Trinajstić information content (AvgIpc) is 3.17. The van der Waals surface area contributed by atoms with Crippen LogP contribution in [0.4, 0.5) is 0 Å². The highest BCUT2D eigenvalue weighted by Gasteiger charge is 2.20. The van der Waals surface area contributed by atoms with Crippen LogP contribution in [-0.2, 0) is 6.54 Å². The fourth-order valence-electron chi connectivity index (χ4n) is 3.20. The number of hydrogen-bond acceptors (Lipinski definition) is 3. The van der Waals surface area contributed by atoms with E-state index in [2.05, 4.69) is 51.0 Å². The molecule has 1 aliphatic rings. The minimum atomic E-state index is 0.631. The summed E-state index contributed by atoms with van der Waals surface area (Å²) >= 11 is 1.93. The molecule has 0 atom stereocenters. The van der Waals surface area contributed by atoms with E-state index in [1.54, 1.807) is 0 Å².